The maximum Gasteiger partial charge on any atom is 0.417 e. The fourth-order valence-electron chi connectivity index (χ4n) is 2.47. The van der Waals surface area contributed by atoms with Crippen molar-refractivity contribution in [3.8, 4) is 6.07 Å². The van der Waals surface area contributed by atoms with Gasteiger partial charge in [0.1, 0.15) is 0 Å². The average Bonchev–Trinajstić information content (AvgIpc) is 3.26. The van der Waals surface area contributed by atoms with E-state index in [0.717, 1.165) is 25.5 Å². The van der Waals surface area contributed by atoms with E-state index in [1.807, 2.05) is 0 Å². The van der Waals surface area contributed by atoms with Crippen molar-refractivity contribution < 1.29 is 13.2 Å². The second-order valence-electron chi connectivity index (χ2n) is 5.67. The maximum atomic E-state index is 13.0. The molecule has 0 bridgehead atoms. The number of rotatable bonds is 4. The summed E-state index contributed by atoms with van der Waals surface area (Å²) in [5.74, 6) is 0.626. The monoisotopic (exact) mass is 280 g/mol. The Morgan fingerprint density at radius 3 is 2.40 bits per heavy atom. The van der Waals surface area contributed by atoms with Crippen molar-refractivity contribution in [2.75, 3.05) is 11.4 Å². The van der Waals surface area contributed by atoms with Crippen LogP contribution in [0.25, 0.3) is 0 Å². The minimum absolute atomic E-state index is 0.302. The van der Waals surface area contributed by atoms with E-state index in [9.17, 15) is 13.2 Å². The van der Waals surface area contributed by atoms with Crippen LogP contribution in [0, 0.1) is 17.2 Å². The summed E-state index contributed by atoms with van der Waals surface area (Å²) in [5.41, 5.74) is -0.520. The molecule has 20 heavy (non-hydrogen) atoms. The number of nitrogens with zero attached hydrogens (tertiary/aromatic N) is 2. The second-order valence-corrected chi connectivity index (χ2v) is 5.67. The van der Waals surface area contributed by atoms with Crippen molar-refractivity contribution in [1.82, 2.24) is 0 Å². The molecular weight excluding hydrogens is 265 g/mol. The normalized spacial score (nSPS) is 18.7. The summed E-state index contributed by atoms with van der Waals surface area (Å²) < 4.78 is 39.0. The van der Waals surface area contributed by atoms with E-state index in [1.54, 1.807) is 12.1 Å². The molecule has 1 aromatic rings. The van der Waals surface area contributed by atoms with Crippen LogP contribution in [0.2, 0.25) is 0 Å². The van der Waals surface area contributed by atoms with Crippen molar-refractivity contribution >= 4 is 5.69 Å². The molecule has 0 unspecified atom stereocenters. The zero-order valence-corrected chi connectivity index (χ0v) is 11.0. The lowest BCUT2D eigenvalue weighted by Gasteiger charge is -2.25. The molecule has 0 aromatic heterocycles. The third kappa shape index (κ3) is 2.74. The summed E-state index contributed by atoms with van der Waals surface area (Å²) >= 11 is 0. The summed E-state index contributed by atoms with van der Waals surface area (Å²) in [5, 5.41) is 8.82. The van der Waals surface area contributed by atoms with Gasteiger partial charge in [-0.1, -0.05) is 0 Å². The van der Waals surface area contributed by atoms with Gasteiger partial charge in [-0.2, -0.15) is 18.4 Å². The van der Waals surface area contributed by atoms with Gasteiger partial charge in [0, 0.05) is 18.3 Å². The van der Waals surface area contributed by atoms with Crippen LogP contribution in [0.1, 0.15) is 36.8 Å². The Labute approximate surface area is 115 Å². The van der Waals surface area contributed by atoms with Gasteiger partial charge in [0.25, 0.3) is 0 Å². The number of nitriles is 1. The molecule has 0 amide bonds. The van der Waals surface area contributed by atoms with Gasteiger partial charge in [-0.3, -0.25) is 0 Å². The topological polar surface area (TPSA) is 27.0 Å². The molecule has 0 heterocycles. The molecule has 2 nitrogen and oxygen atoms in total. The van der Waals surface area contributed by atoms with Gasteiger partial charge in [-0.25, -0.2) is 0 Å². The van der Waals surface area contributed by atoms with Crippen molar-refractivity contribution in [2.24, 2.45) is 5.92 Å². The Hall–Kier alpha value is -1.70. The molecule has 0 spiro atoms. The highest BCUT2D eigenvalue weighted by Crippen LogP contribution is 2.40. The number of benzene rings is 1. The number of alkyl halides is 3. The van der Waals surface area contributed by atoms with Crippen LogP contribution >= 0.6 is 0 Å². The summed E-state index contributed by atoms with van der Waals surface area (Å²) in [6.07, 6.45) is -0.0325. The molecule has 0 saturated heterocycles. The Morgan fingerprint density at radius 2 is 1.90 bits per heavy atom. The Kier molecular flexibility index (Phi) is 3.12. The van der Waals surface area contributed by atoms with Crippen LogP contribution < -0.4 is 4.90 Å². The molecule has 2 saturated carbocycles. The van der Waals surface area contributed by atoms with Crippen LogP contribution in [0.4, 0.5) is 18.9 Å². The predicted molar refractivity (Wildman–Crippen MR) is 69.3 cm³/mol. The van der Waals surface area contributed by atoms with Crippen molar-refractivity contribution in [3.05, 3.63) is 29.3 Å². The van der Waals surface area contributed by atoms with Crippen LogP contribution in [-0.2, 0) is 6.18 Å². The molecule has 2 aliphatic rings. The van der Waals surface area contributed by atoms with E-state index in [0.29, 0.717) is 17.6 Å². The molecule has 0 aliphatic heterocycles. The first kappa shape index (κ1) is 13.3. The summed E-state index contributed by atoms with van der Waals surface area (Å²) in [4.78, 5) is 2.09. The lowest BCUT2D eigenvalue weighted by molar-refractivity contribution is -0.137. The highest BCUT2D eigenvalue weighted by atomic mass is 19.4. The fourth-order valence-corrected chi connectivity index (χ4v) is 2.47. The van der Waals surface area contributed by atoms with E-state index in [4.69, 9.17) is 5.26 Å². The van der Waals surface area contributed by atoms with Crippen LogP contribution in [0.3, 0.4) is 0 Å². The molecule has 5 heteroatoms. The molecule has 0 atom stereocenters. The van der Waals surface area contributed by atoms with Gasteiger partial charge in [0.15, 0.2) is 0 Å². The van der Waals surface area contributed by atoms with Gasteiger partial charge < -0.3 is 4.90 Å². The highest BCUT2D eigenvalue weighted by Gasteiger charge is 2.37. The number of anilines is 1. The van der Waals surface area contributed by atoms with Gasteiger partial charge in [-0.15, -0.1) is 0 Å². The third-order valence-electron chi connectivity index (χ3n) is 3.90. The van der Waals surface area contributed by atoms with Gasteiger partial charge in [-0.05, 0) is 49.8 Å². The van der Waals surface area contributed by atoms with Gasteiger partial charge >= 0.3 is 6.18 Å². The standard InChI is InChI=1S/C15H15F3N2/c16-15(17,18)14-7-13(4-3-11(14)8-19)20(12-5-6-12)9-10-1-2-10/h3-4,7,10,12H,1-2,5-6,9H2. The van der Waals surface area contributed by atoms with E-state index in [-0.39, 0.29) is 5.56 Å². The minimum Gasteiger partial charge on any atom is -0.368 e. The van der Waals surface area contributed by atoms with Crippen molar-refractivity contribution in [3.63, 3.8) is 0 Å². The lowest BCUT2D eigenvalue weighted by atomic mass is 10.1. The summed E-state index contributed by atoms with van der Waals surface area (Å²) in [6.45, 7) is 0.841. The summed E-state index contributed by atoms with van der Waals surface area (Å²) in [7, 11) is 0. The predicted octanol–water partition coefficient (Wildman–Crippen LogP) is 3.96. The Morgan fingerprint density at radius 1 is 1.20 bits per heavy atom. The van der Waals surface area contributed by atoms with Gasteiger partial charge in [0.2, 0.25) is 0 Å². The zero-order valence-electron chi connectivity index (χ0n) is 11.0. The first-order chi connectivity index (χ1) is 9.49. The quantitative estimate of drug-likeness (QED) is 0.834. The number of hydrogen-bond donors (Lipinski definition) is 0. The summed E-state index contributed by atoms with van der Waals surface area (Å²) in [6, 6.07) is 6.08. The molecular formula is C15H15F3N2. The third-order valence-corrected chi connectivity index (χ3v) is 3.90. The van der Waals surface area contributed by atoms with Crippen LogP contribution in [0.15, 0.2) is 18.2 Å². The first-order valence-electron chi connectivity index (χ1n) is 6.87. The van der Waals surface area contributed by atoms with Crippen LogP contribution in [0.5, 0.6) is 0 Å². The molecule has 2 fully saturated rings. The van der Waals surface area contributed by atoms with E-state index < -0.39 is 11.7 Å². The number of halogens is 3. The molecule has 1 aromatic carbocycles. The van der Waals surface area contributed by atoms with Crippen molar-refractivity contribution in [2.45, 2.75) is 37.9 Å². The largest absolute Gasteiger partial charge is 0.417 e. The maximum absolute atomic E-state index is 13.0. The van der Waals surface area contributed by atoms with Crippen LogP contribution in [-0.4, -0.2) is 12.6 Å². The van der Waals surface area contributed by atoms with E-state index >= 15 is 0 Å². The molecule has 0 N–H and O–H groups in total. The van der Waals surface area contributed by atoms with E-state index in [1.165, 1.54) is 18.9 Å². The fraction of sp³-hybridized carbons (Fsp3) is 0.533. The first-order valence-corrected chi connectivity index (χ1v) is 6.87. The Balaban J connectivity index is 1.94. The smallest absolute Gasteiger partial charge is 0.368 e. The number of hydrogen-bond acceptors (Lipinski definition) is 2. The van der Waals surface area contributed by atoms with E-state index in [2.05, 4.69) is 4.90 Å². The molecule has 3 rings (SSSR count). The highest BCUT2D eigenvalue weighted by molar-refractivity contribution is 5.56. The molecule has 106 valence electrons. The Bertz CT molecular complexity index is 551. The SMILES string of the molecule is N#Cc1ccc(N(CC2CC2)C2CC2)cc1C(F)(F)F. The minimum atomic E-state index is -4.48. The second kappa shape index (κ2) is 4.69. The molecule has 2 aliphatic carbocycles. The molecule has 0 radical (unpaired) electrons. The zero-order chi connectivity index (χ0) is 14.3. The van der Waals surface area contributed by atoms with Crippen molar-refractivity contribution in [1.29, 1.82) is 5.26 Å². The lowest BCUT2D eigenvalue weighted by Crippen LogP contribution is -2.28. The van der Waals surface area contributed by atoms with Gasteiger partial charge in [0.05, 0.1) is 17.2 Å². The average molecular weight is 280 g/mol.